The summed E-state index contributed by atoms with van der Waals surface area (Å²) in [5, 5.41) is 10.4. The molecule has 0 bridgehead atoms. The van der Waals surface area contributed by atoms with Crippen LogP contribution in [0.5, 0.6) is 5.75 Å². The van der Waals surface area contributed by atoms with Crippen LogP contribution in [-0.2, 0) is 0 Å². The molecule has 0 radical (unpaired) electrons. The lowest BCUT2D eigenvalue weighted by atomic mass is 9.94. The van der Waals surface area contributed by atoms with E-state index in [2.05, 4.69) is 4.98 Å². The van der Waals surface area contributed by atoms with Crippen molar-refractivity contribution in [2.24, 2.45) is 0 Å². The molecule has 0 aliphatic rings. The minimum absolute atomic E-state index is 0.0276. The van der Waals surface area contributed by atoms with Crippen LogP contribution in [0.3, 0.4) is 0 Å². The van der Waals surface area contributed by atoms with E-state index in [0.717, 1.165) is 11.4 Å². The molecule has 0 fully saturated rings. The lowest BCUT2D eigenvalue weighted by molar-refractivity contribution is 0.0692. The second-order valence-electron chi connectivity index (χ2n) is 7.89. The average Bonchev–Trinajstić information content (AvgIpc) is 2.92. The van der Waals surface area contributed by atoms with Gasteiger partial charge in [-0.05, 0) is 60.7 Å². The first-order valence-electron chi connectivity index (χ1n) is 10.8. The maximum absolute atomic E-state index is 13.1. The van der Waals surface area contributed by atoms with Crippen molar-refractivity contribution < 1.29 is 24.2 Å². The summed E-state index contributed by atoms with van der Waals surface area (Å²) in [5.74, 6) is -1.79. The molecule has 0 atom stereocenters. The number of carbonyl (C=O) groups is 3. The van der Waals surface area contributed by atoms with Gasteiger partial charge in [-0.25, -0.2) is 4.79 Å². The number of rotatable bonds is 8. The molecule has 0 spiro atoms. The van der Waals surface area contributed by atoms with Crippen molar-refractivity contribution in [2.75, 3.05) is 19.1 Å². The first-order valence-corrected chi connectivity index (χ1v) is 11.2. The summed E-state index contributed by atoms with van der Waals surface area (Å²) >= 11 is 5.95. The minimum Gasteiger partial charge on any atom is -0.497 e. The topological polar surface area (TPSA) is 96.8 Å². The number of methoxy groups -OCH3 is 1. The van der Waals surface area contributed by atoms with Gasteiger partial charge in [-0.15, -0.1) is 0 Å². The molecule has 7 nitrogen and oxygen atoms in total. The number of carbonyl (C=O) groups excluding carboxylic acids is 2. The molecule has 180 valence electrons. The van der Waals surface area contributed by atoms with E-state index in [0.29, 0.717) is 10.8 Å². The summed E-state index contributed by atoms with van der Waals surface area (Å²) in [6, 6.07) is 21.0. The van der Waals surface area contributed by atoms with Crippen molar-refractivity contribution in [3.63, 3.8) is 0 Å². The number of halogens is 1. The molecule has 4 aromatic rings. The monoisotopic (exact) mass is 500 g/mol. The van der Waals surface area contributed by atoms with Crippen LogP contribution in [0, 0.1) is 0 Å². The van der Waals surface area contributed by atoms with E-state index in [1.165, 1.54) is 31.4 Å². The van der Waals surface area contributed by atoms with Crippen LogP contribution < -0.4 is 9.64 Å². The quantitative estimate of drug-likeness (QED) is 0.311. The normalized spacial score (nSPS) is 10.5. The molecule has 8 heteroatoms. The van der Waals surface area contributed by atoms with Crippen LogP contribution in [0.4, 0.5) is 11.4 Å². The molecular formula is C28H21ClN2O5. The Labute approximate surface area is 212 Å². The Morgan fingerprint density at radius 3 is 2.17 bits per heavy atom. The highest BCUT2D eigenvalue weighted by Gasteiger charge is 2.22. The number of hydrogen-bond acceptors (Lipinski definition) is 6. The highest BCUT2D eigenvalue weighted by Crippen LogP contribution is 2.25. The predicted octanol–water partition coefficient (Wildman–Crippen LogP) is 5.67. The molecule has 1 aromatic heterocycles. The molecule has 1 N–H and O–H groups in total. The average molecular weight is 501 g/mol. The molecular weight excluding hydrogens is 480 g/mol. The molecule has 0 aliphatic heterocycles. The van der Waals surface area contributed by atoms with Crippen molar-refractivity contribution in [1.29, 1.82) is 0 Å². The number of hydrogen-bond donors (Lipinski definition) is 1. The second kappa shape index (κ2) is 10.4. The number of nitrogens with zero attached hydrogens (tertiary/aromatic N) is 2. The molecule has 3 aromatic carbocycles. The molecule has 0 unspecified atom stereocenters. The van der Waals surface area contributed by atoms with Crippen LogP contribution >= 0.6 is 11.6 Å². The molecule has 4 rings (SSSR count). The van der Waals surface area contributed by atoms with Crippen molar-refractivity contribution in [3.8, 4) is 5.75 Å². The van der Waals surface area contributed by atoms with E-state index >= 15 is 0 Å². The summed E-state index contributed by atoms with van der Waals surface area (Å²) in [6.45, 7) is 0. The van der Waals surface area contributed by atoms with E-state index in [4.69, 9.17) is 16.3 Å². The summed E-state index contributed by atoms with van der Waals surface area (Å²) < 4.78 is 5.14. The van der Waals surface area contributed by atoms with Crippen molar-refractivity contribution in [2.45, 2.75) is 0 Å². The van der Waals surface area contributed by atoms with Gasteiger partial charge in [0.05, 0.1) is 24.6 Å². The van der Waals surface area contributed by atoms with E-state index in [1.54, 1.807) is 48.7 Å². The molecule has 0 aliphatic carbocycles. The fraction of sp³-hybridized carbons (Fsp3) is 0.0714. The zero-order chi connectivity index (χ0) is 25.8. The second-order valence-corrected chi connectivity index (χ2v) is 8.33. The zero-order valence-corrected chi connectivity index (χ0v) is 20.2. The number of benzene rings is 3. The van der Waals surface area contributed by atoms with Gasteiger partial charge >= 0.3 is 5.97 Å². The summed E-state index contributed by atoms with van der Waals surface area (Å²) in [5.41, 5.74) is 1.88. The van der Waals surface area contributed by atoms with Gasteiger partial charge in [-0.1, -0.05) is 29.8 Å². The van der Waals surface area contributed by atoms with Crippen molar-refractivity contribution >= 4 is 40.5 Å². The van der Waals surface area contributed by atoms with Gasteiger partial charge in [-0.3, -0.25) is 14.6 Å². The standard InChI is InChI=1S/C28H21ClN2O5/c1-31(20-9-7-19(29)8-10-20)21-11-13-25(30-16-21)27(33)18-6-12-23(24(15-18)28(34)35)26(32)17-4-3-5-22(14-17)36-2/h3-16H,1-2H3,(H,34,35). The Balaban J connectivity index is 1.60. The van der Waals surface area contributed by atoms with Crippen molar-refractivity contribution in [1.82, 2.24) is 4.98 Å². The van der Waals surface area contributed by atoms with Gasteiger partial charge in [0, 0.05) is 34.4 Å². The van der Waals surface area contributed by atoms with Crippen LogP contribution in [0.2, 0.25) is 5.02 Å². The Morgan fingerprint density at radius 2 is 1.53 bits per heavy atom. The van der Waals surface area contributed by atoms with Gasteiger partial charge in [0.25, 0.3) is 0 Å². The predicted molar refractivity (Wildman–Crippen MR) is 137 cm³/mol. The molecule has 0 saturated heterocycles. The van der Waals surface area contributed by atoms with Crippen LogP contribution in [0.15, 0.2) is 85.1 Å². The van der Waals surface area contributed by atoms with Gasteiger partial charge in [0.15, 0.2) is 5.78 Å². The van der Waals surface area contributed by atoms with E-state index in [9.17, 15) is 19.5 Å². The SMILES string of the molecule is COc1cccc(C(=O)c2ccc(C(=O)c3ccc(N(C)c4ccc(Cl)cc4)cn3)cc2C(=O)O)c1. The lowest BCUT2D eigenvalue weighted by Crippen LogP contribution is -2.13. The number of pyridine rings is 1. The van der Waals surface area contributed by atoms with E-state index < -0.39 is 17.5 Å². The highest BCUT2D eigenvalue weighted by molar-refractivity contribution is 6.30. The largest absolute Gasteiger partial charge is 0.497 e. The van der Waals surface area contributed by atoms with Gasteiger partial charge in [-0.2, -0.15) is 0 Å². The van der Waals surface area contributed by atoms with Gasteiger partial charge in [0.2, 0.25) is 5.78 Å². The molecule has 36 heavy (non-hydrogen) atoms. The zero-order valence-electron chi connectivity index (χ0n) is 19.4. The van der Waals surface area contributed by atoms with Gasteiger partial charge < -0.3 is 14.7 Å². The third kappa shape index (κ3) is 5.11. The highest BCUT2D eigenvalue weighted by atomic mass is 35.5. The molecule has 0 saturated carbocycles. The summed E-state index contributed by atoms with van der Waals surface area (Å²) in [7, 11) is 3.34. The fourth-order valence-electron chi connectivity index (χ4n) is 3.66. The number of ketones is 2. The fourth-order valence-corrected chi connectivity index (χ4v) is 3.79. The first-order chi connectivity index (χ1) is 17.3. The smallest absolute Gasteiger partial charge is 0.336 e. The Kier molecular flexibility index (Phi) is 7.12. The van der Waals surface area contributed by atoms with E-state index in [-0.39, 0.29) is 27.9 Å². The summed E-state index contributed by atoms with van der Waals surface area (Å²) in [4.78, 5) is 44.2. The first kappa shape index (κ1) is 24.6. The number of ether oxygens (including phenoxy) is 1. The third-order valence-electron chi connectivity index (χ3n) is 5.67. The Bertz CT molecular complexity index is 1450. The van der Waals surface area contributed by atoms with Gasteiger partial charge in [0.1, 0.15) is 11.4 Å². The lowest BCUT2D eigenvalue weighted by Gasteiger charge is -2.19. The van der Waals surface area contributed by atoms with Crippen LogP contribution in [0.25, 0.3) is 0 Å². The maximum atomic E-state index is 13.1. The Morgan fingerprint density at radius 1 is 0.833 bits per heavy atom. The number of aromatic carboxylic acids is 1. The Hall–Kier alpha value is -4.49. The number of carboxylic acid groups (broad SMARTS) is 1. The number of carboxylic acids is 1. The minimum atomic E-state index is -1.32. The van der Waals surface area contributed by atoms with Crippen molar-refractivity contribution in [3.05, 3.63) is 118 Å². The molecule has 0 amide bonds. The maximum Gasteiger partial charge on any atom is 0.336 e. The molecule has 1 heterocycles. The third-order valence-corrected chi connectivity index (χ3v) is 5.92. The number of aromatic nitrogens is 1. The van der Waals surface area contributed by atoms with E-state index in [1.807, 2.05) is 24.1 Å². The van der Waals surface area contributed by atoms with Crippen LogP contribution in [0.1, 0.15) is 42.3 Å². The summed E-state index contributed by atoms with van der Waals surface area (Å²) in [6.07, 6.45) is 1.56. The van der Waals surface area contributed by atoms with Crippen LogP contribution in [-0.4, -0.2) is 41.8 Å². The number of anilines is 2.